The van der Waals surface area contributed by atoms with Crippen LogP contribution in [0.3, 0.4) is 0 Å². The zero-order chi connectivity index (χ0) is 9.26. The van der Waals surface area contributed by atoms with Crippen LogP contribution < -0.4 is 11.2 Å². The first-order valence-electron chi connectivity index (χ1n) is 4.45. The van der Waals surface area contributed by atoms with E-state index in [1.807, 2.05) is 12.1 Å². The Morgan fingerprint density at radius 2 is 2.00 bits per heavy atom. The standard InChI is InChI=1S/C9H13N3O/c10-8-5-7(6-8)9(13)11-12-3-1-2-4-12/h1-4,7-8H,5-6,10H2,(H,11,13). The Bertz CT molecular complexity index is 288. The van der Waals surface area contributed by atoms with Crippen molar-refractivity contribution in [3.63, 3.8) is 0 Å². The number of carbonyl (C=O) groups excluding carboxylic acids is 1. The van der Waals surface area contributed by atoms with Crippen LogP contribution in [0.2, 0.25) is 0 Å². The molecule has 4 heteroatoms. The molecular formula is C9H13N3O. The van der Waals surface area contributed by atoms with Crippen molar-refractivity contribution in [3.05, 3.63) is 24.5 Å². The van der Waals surface area contributed by atoms with Gasteiger partial charge in [0, 0.05) is 24.4 Å². The van der Waals surface area contributed by atoms with E-state index in [0.29, 0.717) is 0 Å². The van der Waals surface area contributed by atoms with Crippen LogP contribution in [0.1, 0.15) is 12.8 Å². The molecule has 1 aromatic rings. The number of rotatable bonds is 2. The van der Waals surface area contributed by atoms with Gasteiger partial charge in [0.15, 0.2) is 0 Å². The van der Waals surface area contributed by atoms with E-state index >= 15 is 0 Å². The second kappa shape index (κ2) is 3.22. The molecular weight excluding hydrogens is 166 g/mol. The molecule has 4 nitrogen and oxygen atoms in total. The summed E-state index contributed by atoms with van der Waals surface area (Å²) in [6.45, 7) is 0. The molecule has 1 aromatic heterocycles. The topological polar surface area (TPSA) is 60.1 Å². The molecule has 2 rings (SSSR count). The Hall–Kier alpha value is -1.29. The third-order valence-electron chi connectivity index (χ3n) is 2.39. The first-order chi connectivity index (χ1) is 6.25. The summed E-state index contributed by atoms with van der Waals surface area (Å²) in [5.41, 5.74) is 8.36. The molecule has 0 aromatic carbocycles. The normalized spacial score (nSPS) is 26.5. The van der Waals surface area contributed by atoms with Crippen LogP contribution in [0.25, 0.3) is 0 Å². The van der Waals surface area contributed by atoms with Crippen molar-refractivity contribution in [2.75, 3.05) is 5.43 Å². The lowest BCUT2D eigenvalue weighted by Gasteiger charge is -2.31. The van der Waals surface area contributed by atoms with Crippen molar-refractivity contribution in [2.24, 2.45) is 11.7 Å². The number of nitrogens with two attached hydrogens (primary N) is 1. The summed E-state index contributed by atoms with van der Waals surface area (Å²) >= 11 is 0. The molecule has 1 aliphatic rings. The predicted molar refractivity (Wildman–Crippen MR) is 49.5 cm³/mol. The molecule has 1 aliphatic carbocycles. The summed E-state index contributed by atoms with van der Waals surface area (Å²) in [4.78, 5) is 11.5. The fourth-order valence-corrected chi connectivity index (χ4v) is 1.50. The Morgan fingerprint density at radius 1 is 1.38 bits per heavy atom. The second-order valence-electron chi connectivity index (χ2n) is 3.49. The molecule has 1 fully saturated rings. The van der Waals surface area contributed by atoms with Crippen molar-refractivity contribution in [1.29, 1.82) is 0 Å². The minimum atomic E-state index is 0.0675. The Kier molecular flexibility index (Phi) is 2.06. The molecule has 0 aliphatic heterocycles. The third-order valence-corrected chi connectivity index (χ3v) is 2.39. The number of aromatic nitrogens is 1. The lowest BCUT2D eigenvalue weighted by Crippen LogP contribution is -2.44. The molecule has 70 valence electrons. The van der Waals surface area contributed by atoms with E-state index in [9.17, 15) is 4.79 Å². The van der Waals surface area contributed by atoms with Crippen LogP contribution in [0.5, 0.6) is 0 Å². The monoisotopic (exact) mass is 179 g/mol. The molecule has 0 radical (unpaired) electrons. The van der Waals surface area contributed by atoms with E-state index in [-0.39, 0.29) is 17.9 Å². The summed E-state index contributed by atoms with van der Waals surface area (Å²) in [5, 5.41) is 0. The van der Waals surface area contributed by atoms with E-state index in [4.69, 9.17) is 5.73 Å². The number of amides is 1. The lowest BCUT2D eigenvalue weighted by molar-refractivity contribution is -0.123. The highest BCUT2D eigenvalue weighted by molar-refractivity contribution is 5.86. The van der Waals surface area contributed by atoms with Crippen molar-refractivity contribution >= 4 is 5.91 Å². The zero-order valence-corrected chi connectivity index (χ0v) is 7.31. The van der Waals surface area contributed by atoms with E-state index in [1.54, 1.807) is 17.1 Å². The molecule has 0 spiro atoms. The number of hydrogen-bond acceptors (Lipinski definition) is 2. The first-order valence-corrected chi connectivity index (χ1v) is 4.45. The highest BCUT2D eigenvalue weighted by Crippen LogP contribution is 2.25. The Balaban J connectivity index is 1.86. The second-order valence-corrected chi connectivity index (χ2v) is 3.49. The average Bonchev–Trinajstić information content (AvgIpc) is 2.51. The van der Waals surface area contributed by atoms with Crippen LogP contribution >= 0.6 is 0 Å². The maximum atomic E-state index is 11.5. The molecule has 1 heterocycles. The average molecular weight is 179 g/mol. The highest BCUT2D eigenvalue weighted by atomic mass is 16.2. The molecule has 0 unspecified atom stereocenters. The number of nitrogens with one attached hydrogen (secondary N) is 1. The van der Waals surface area contributed by atoms with Crippen LogP contribution in [-0.2, 0) is 4.79 Å². The SMILES string of the molecule is NC1CC(C(=O)Nn2cccc2)C1. The maximum absolute atomic E-state index is 11.5. The molecule has 0 saturated heterocycles. The zero-order valence-electron chi connectivity index (χ0n) is 7.31. The molecule has 3 N–H and O–H groups in total. The van der Waals surface area contributed by atoms with Gasteiger partial charge in [-0.2, -0.15) is 0 Å². The first kappa shape index (κ1) is 8.31. The van der Waals surface area contributed by atoms with Crippen molar-refractivity contribution in [2.45, 2.75) is 18.9 Å². The minimum absolute atomic E-state index is 0.0675. The Morgan fingerprint density at radius 3 is 2.54 bits per heavy atom. The summed E-state index contributed by atoms with van der Waals surface area (Å²) in [5.74, 6) is 0.176. The predicted octanol–water partition coefficient (Wildman–Crippen LogP) is 0.295. The van der Waals surface area contributed by atoms with Crippen LogP contribution in [0.4, 0.5) is 0 Å². The van der Waals surface area contributed by atoms with Gasteiger partial charge in [-0.15, -0.1) is 0 Å². The molecule has 13 heavy (non-hydrogen) atoms. The van der Waals surface area contributed by atoms with Crippen molar-refractivity contribution in [3.8, 4) is 0 Å². The van der Waals surface area contributed by atoms with Crippen LogP contribution in [0, 0.1) is 5.92 Å². The summed E-state index contributed by atoms with van der Waals surface area (Å²) in [6, 6.07) is 3.96. The summed E-state index contributed by atoms with van der Waals surface area (Å²) < 4.78 is 1.66. The van der Waals surface area contributed by atoms with Gasteiger partial charge in [-0.3, -0.25) is 14.9 Å². The van der Waals surface area contributed by atoms with E-state index in [1.165, 1.54) is 0 Å². The highest BCUT2D eigenvalue weighted by Gasteiger charge is 2.31. The fraction of sp³-hybridized carbons (Fsp3) is 0.444. The van der Waals surface area contributed by atoms with Crippen molar-refractivity contribution in [1.82, 2.24) is 4.68 Å². The molecule has 0 atom stereocenters. The van der Waals surface area contributed by atoms with Gasteiger partial charge >= 0.3 is 0 Å². The van der Waals surface area contributed by atoms with Crippen LogP contribution in [-0.4, -0.2) is 16.6 Å². The van der Waals surface area contributed by atoms with Gasteiger partial charge in [0.05, 0.1) is 0 Å². The molecule has 0 bridgehead atoms. The molecule has 1 amide bonds. The number of nitrogens with zero attached hydrogens (tertiary/aromatic N) is 1. The minimum Gasteiger partial charge on any atom is -0.328 e. The van der Waals surface area contributed by atoms with Gasteiger partial charge in [0.2, 0.25) is 5.91 Å². The fourth-order valence-electron chi connectivity index (χ4n) is 1.50. The van der Waals surface area contributed by atoms with Crippen LogP contribution in [0.15, 0.2) is 24.5 Å². The Labute approximate surface area is 76.7 Å². The number of carbonyl (C=O) groups is 1. The maximum Gasteiger partial charge on any atom is 0.242 e. The van der Waals surface area contributed by atoms with E-state index in [0.717, 1.165) is 12.8 Å². The summed E-state index contributed by atoms with van der Waals surface area (Å²) in [6.07, 6.45) is 5.23. The van der Waals surface area contributed by atoms with Gasteiger partial charge in [-0.1, -0.05) is 0 Å². The quantitative estimate of drug-likeness (QED) is 0.685. The van der Waals surface area contributed by atoms with Crippen molar-refractivity contribution < 1.29 is 4.79 Å². The van der Waals surface area contributed by atoms with Gasteiger partial charge in [-0.05, 0) is 25.0 Å². The van der Waals surface area contributed by atoms with Gasteiger partial charge in [-0.25, -0.2) is 0 Å². The van der Waals surface area contributed by atoms with E-state index < -0.39 is 0 Å². The van der Waals surface area contributed by atoms with E-state index in [2.05, 4.69) is 5.43 Å². The third kappa shape index (κ3) is 1.72. The van der Waals surface area contributed by atoms with Gasteiger partial charge < -0.3 is 5.73 Å². The summed E-state index contributed by atoms with van der Waals surface area (Å²) in [7, 11) is 0. The largest absolute Gasteiger partial charge is 0.328 e. The smallest absolute Gasteiger partial charge is 0.242 e. The molecule has 1 saturated carbocycles. The number of hydrogen-bond donors (Lipinski definition) is 2. The lowest BCUT2D eigenvalue weighted by atomic mass is 9.80. The van der Waals surface area contributed by atoms with Gasteiger partial charge in [0.25, 0.3) is 0 Å². The van der Waals surface area contributed by atoms with Gasteiger partial charge in [0.1, 0.15) is 0 Å².